The number of nitrogens with one attached hydrogen (secondary N) is 2. The molecule has 28 heavy (non-hydrogen) atoms. The second-order valence-corrected chi connectivity index (χ2v) is 6.57. The van der Waals surface area contributed by atoms with Gasteiger partial charge in [-0.1, -0.05) is 49.7 Å². The topological polar surface area (TPSA) is 70.6 Å². The summed E-state index contributed by atoms with van der Waals surface area (Å²) in [5, 5.41) is 5.22. The van der Waals surface area contributed by atoms with Gasteiger partial charge in [0, 0.05) is 5.69 Å². The lowest BCUT2D eigenvalue weighted by atomic mass is 10.0. The van der Waals surface area contributed by atoms with Crippen LogP contribution in [0.2, 0.25) is 5.02 Å². The van der Waals surface area contributed by atoms with Gasteiger partial charge in [0.25, 0.3) is 0 Å². The average molecular weight is 412 g/mol. The molecule has 148 valence electrons. The number of rotatable bonds is 4. The van der Waals surface area contributed by atoms with E-state index in [9.17, 15) is 22.8 Å². The fourth-order valence-corrected chi connectivity index (χ4v) is 2.42. The van der Waals surface area contributed by atoms with Gasteiger partial charge in [-0.05, 0) is 35.2 Å². The van der Waals surface area contributed by atoms with Crippen molar-refractivity contribution in [2.45, 2.75) is 25.9 Å². The number of carbonyl (C=O) groups excluding carboxylic acids is 2. The normalized spacial score (nSPS) is 11.7. The van der Waals surface area contributed by atoms with Crippen molar-refractivity contribution in [2.75, 3.05) is 5.32 Å². The molecule has 0 unspecified atom stereocenters. The van der Waals surface area contributed by atoms with E-state index in [0.717, 1.165) is 17.7 Å². The number of hydrazone groups is 1. The Labute approximate surface area is 164 Å². The highest BCUT2D eigenvalue weighted by Gasteiger charge is 2.33. The molecule has 0 heterocycles. The first kappa shape index (κ1) is 21.4. The molecule has 2 N–H and O–H groups in total. The zero-order chi connectivity index (χ0) is 20.9. The van der Waals surface area contributed by atoms with Gasteiger partial charge >= 0.3 is 18.0 Å². The van der Waals surface area contributed by atoms with Crippen molar-refractivity contribution in [1.29, 1.82) is 0 Å². The largest absolute Gasteiger partial charge is 0.417 e. The highest BCUT2D eigenvalue weighted by atomic mass is 35.5. The number of benzene rings is 2. The second kappa shape index (κ2) is 8.88. The van der Waals surface area contributed by atoms with Gasteiger partial charge in [0.05, 0.1) is 16.8 Å². The van der Waals surface area contributed by atoms with Crippen LogP contribution < -0.4 is 10.7 Å². The number of hydrogen-bond donors (Lipinski definition) is 2. The molecule has 2 rings (SSSR count). The fraction of sp³-hybridized carbons (Fsp3) is 0.211. The van der Waals surface area contributed by atoms with Crippen LogP contribution in [0, 0.1) is 0 Å². The second-order valence-electron chi connectivity index (χ2n) is 6.17. The van der Waals surface area contributed by atoms with Gasteiger partial charge in [0.15, 0.2) is 0 Å². The fourth-order valence-electron chi connectivity index (χ4n) is 2.19. The molecular formula is C19H17ClF3N3O2. The maximum atomic E-state index is 12.8. The van der Waals surface area contributed by atoms with E-state index in [2.05, 4.69) is 24.3 Å². The van der Waals surface area contributed by atoms with E-state index in [1.54, 1.807) is 12.1 Å². The van der Waals surface area contributed by atoms with Crippen LogP contribution in [0.4, 0.5) is 18.9 Å². The van der Waals surface area contributed by atoms with Gasteiger partial charge in [-0.15, -0.1) is 0 Å². The van der Waals surface area contributed by atoms with E-state index in [1.165, 1.54) is 6.21 Å². The summed E-state index contributed by atoms with van der Waals surface area (Å²) in [5.74, 6) is -1.92. The number of amides is 2. The predicted molar refractivity (Wildman–Crippen MR) is 101 cm³/mol. The Morgan fingerprint density at radius 3 is 2.29 bits per heavy atom. The zero-order valence-electron chi connectivity index (χ0n) is 15.0. The molecule has 2 aromatic rings. The number of anilines is 1. The number of halogens is 4. The summed E-state index contributed by atoms with van der Waals surface area (Å²) < 4.78 is 38.5. The molecular weight excluding hydrogens is 395 g/mol. The van der Waals surface area contributed by atoms with Crippen molar-refractivity contribution in [1.82, 2.24) is 5.43 Å². The molecule has 0 atom stereocenters. The summed E-state index contributed by atoms with van der Waals surface area (Å²) >= 11 is 5.50. The summed E-state index contributed by atoms with van der Waals surface area (Å²) in [5.41, 5.74) is 2.53. The van der Waals surface area contributed by atoms with Crippen LogP contribution in [-0.4, -0.2) is 18.0 Å². The molecule has 0 fully saturated rings. The van der Waals surface area contributed by atoms with Crippen LogP contribution in [0.1, 0.15) is 36.5 Å². The molecule has 0 saturated carbocycles. The van der Waals surface area contributed by atoms with Crippen molar-refractivity contribution in [2.24, 2.45) is 5.10 Å². The first-order valence-electron chi connectivity index (χ1n) is 8.19. The van der Waals surface area contributed by atoms with Gasteiger partial charge in [0.2, 0.25) is 0 Å². The third kappa shape index (κ3) is 5.82. The molecule has 5 nitrogen and oxygen atoms in total. The minimum atomic E-state index is -4.69. The van der Waals surface area contributed by atoms with Crippen molar-refractivity contribution >= 4 is 35.3 Å². The van der Waals surface area contributed by atoms with Crippen LogP contribution in [0.3, 0.4) is 0 Å². The third-order valence-electron chi connectivity index (χ3n) is 3.72. The number of hydrogen-bond acceptors (Lipinski definition) is 3. The number of alkyl halides is 3. The SMILES string of the molecule is CC(C)c1ccc(C=NNC(=O)C(=O)Nc2ccc(Cl)c(C(F)(F)F)c2)cc1. The predicted octanol–water partition coefficient (Wildman–Crippen LogP) is 4.57. The van der Waals surface area contributed by atoms with E-state index in [0.29, 0.717) is 17.5 Å². The van der Waals surface area contributed by atoms with Gasteiger partial charge in [0.1, 0.15) is 0 Å². The highest BCUT2D eigenvalue weighted by molar-refractivity contribution is 6.39. The Kier molecular flexibility index (Phi) is 6.80. The molecule has 0 aliphatic heterocycles. The third-order valence-corrected chi connectivity index (χ3v) is 4.05. The maximum absolute atomic E-state index is 12.8. The summed E-state index contributed by atoms with van der Waals surface area (Å²) in [6.45, 7) is 4.11. The van der Waals surface area contributed by atoms with Crippen LogP contribution in [0.5, 0.6) is 0 Å². The molecule has 2 amide bonds. The lowest BCUT2D eigenvalue weighted by molar-refractivity contribution is -0.137. The monoisotopic (exact) mass is 411 g/mol. The van der Waals surface area contributed by atoms with E-state index in [4.69, 9.17) is 11.6 Å². The van der Waals surface area contributed by atoms with Gasteiger partial charge in [-0.2, -0.15) is 18.3 Å². The summed E-state index contributed by atoms with van der Waals surface area (Å²) in [4.78, 5) is 23.6. The standard InChI is InChI=1S/C19H17ClF3N3O2/c1-11(2)13-5-3-12(4-6-13)10-24-26-18(28)17(27)25-14-7-8-16(20)15(9-14)19(21,22)23/h3-11H,1-2H3,(H,25,27)(H,26,28). The van der Waals surface area contributed by atoms with E-state index in [-0.39, 0.29) is 5.69 Å². The van der Waals surface area contributed by atoms with Gasteiger partial charge in [-0.25, -0.2) is 5.43 Å². The molecule has 0 aliphatic carbocycles. The van der Waals surface area contributed by atoms with Gasteiger partial charge < -0.3 is 5.32 Å². The molecule has 0 bridgehead atoms. The quantitative estimate of drug-likeness (QED) is 0.439. The molecule has 2 aromatic carbocycles. The smallest absolute Gasteiger partial charge is 0.318 e. The minimum absolute atomic E-state index is 0.217. The zero-order valence-corrected chi connectivity index (χ0v) is 15.7. The average Bonchev–Trinajstić information content (AvgIpc) is 2.62. The van der Waals surface area contributed by atoms with Crippen LogP contribution in [0.15, 0.2) is 47.6 Å². The van der Waals surface area contributed by atoms with E-state index >= 15 is 0 Å². The summed E-state index contributed by atoms with van der Waals surface area (Å²) in [6.07, 6.45) is -3.34. The minimum Gasteiger partial charge on any atom is -0.318 e. The Morgan fingerprint density at radius 2 is 1.71 bits per heavy atom. The summed E-state index contributed by atoms with van der Waals surface area (Å²) in [7, 11) is 0. The molecule has 9 heteroatoms. The lowest BCUT2D eigenvalue weighted by Crippen LogP contribution is -2.32. The molecule has 0 spiro atoms. The molecule has 0 aromatic heterocycles. The highest BCUT2D eigenvalue weighted by Crippen LogP contribution is 2.36. The van der Waals surface area contributed by atoms with Crippen LogP contribution in [0.25, 0.3) is 0 Å². The van der Waals surface area contributed by atoms with Crippen LogP contribution >= 0.6 is 11.6 Å². The van der Waals surface area contributed by atoms with Gasteiger partial charge in [-0.3, -0.25) is 9.59 Å². The Balaban J connectivity index is 1.97. The lowest BCUT2D eigenvalue weighted by Gasteiger charge is -2.11. The number of nitrogens with zero attached hydrogens (tertiary/aromatic N) is 1. The molecule has 0 aliphatic rings. The van der Waals surface area contributed by atoms with Crippen molar-refractivity contribution in [3.8, 4) is 0 Å². The van der Waals surface area contributed by atoms with Crippen LogP contribution in [-0.2, 0) is 15.8 Å². The molecule has 0 radical (unpaired) electrons. The first-order chi connectivity index (χ1) is 13.1. The van der Waals surface area contributed by atoms with E-state index in [1.807, 2.05) is 17.6 Å². The maximum Gasteiger partial charge on any atom is 0.417 e. The first-order valence-corrected chi connectivity index (χ1v) is 8.57. The number of carbonyl (C=O) groups is 2. The summed E-state index contributed by atoms with van der Waals surface area (Å²) in [6, 6.07) is 10.2. The van der Waals surface area contributed by atoms with Crippen molar-refractivity contribution < 1.29 is 22.8 Å². The van der Waals surface area contributed by atoms with E-state index < -0.39 is 28.6 Å². The molecule has 0 saturated heterocycles. The van der Waals surface area contributed by atoms with Crippen molar-refractivity contribution in [3.63, 3.8) is 0 Å². The Hall–Kier alpha value is -2.87. The Bertz CT molecular complexity index is 894. The van der Waals surface area contributed by atoms with Crippen molar-refractivity contribution in [3.05, 3.63) is 64.2 Å². The Morgan fingerprint density at radius 1 is 1.07 bits per heavy atom.